The normalized spacial score (nSPS) is 46.1. The van der Waals surface area contributed by atoms with E-state index in [4.69, 9.17) is 9.47 Å². The molecule has 2 unspecified atom stereocenters. The summed E-state index contributed by atoms with van der Waals surface area (Å²) >= 11 is 0. The molecule has 7 heteroatoms. The summed E-state index contributed by atoms with van der Waals surface area (Å²) in [6, 6.07) is 5.01. The van der Waals surface area contributed by atoms with Crippen LogP contribution in [0.15, 0.2) is 36.4 Å². The summed E-state index contributed by atoms with van der Waals surface area (Å²) in [5, 5.41) is 23.8. The fourth-order valence-corrected chi connectivity index (χ4v) is 8.90. The summed E-state index contributed by atoms with van der Waals surface area (Å²) < 4.78 is 25.5. The fraction of sp³-hybridized carbons (Fsp3) is 0.630. The highest BCUT2D eigenvalue weighted by atomic mass is 19.1. The number of aliphatic hydroxyl groups excluding tert-OH is 1. The van der Waals surface area contributed by atoms with Gasteiger partial charge in [-0.05, 0) is 66.9 Å². The van der Waals surface area contributed by atoms with E-state index in [2.05, 4.69) is 20.4 Å². The highest BCUT2D eigenvalue weighted by molar-refractivity contribution is 6.05. The van der Waals surface area contributed by atoms with Gasteiger partial charge in [-0.2, -0.15) is 0 Å². The number of ether oxygens (including phenoxy) is 2. The molecule has 4 aliphatic carbocycles. The minimum atomic E-state index is -2.18. The van der Waals surface area contributed by atoms with E-state index in [1.807, 2.05) is 0 Å². The summed E-state index contributed by atoms with van der Waals surface area (Å²) in [5.41, 5.74) is -1.88. The predicted octanol–water partition coefficient (Wildman–Crippen LogP) is 3.41. The maximum Gasteiger partial charge on any atom is 0.338 e. The van der Waals surface area contributed by atoms with Crippen LogP contribution in [0.4, 0.5) is 4.39 Å². The molecule has 1 aromatic rings. The predicted molar refractivity (Wildman–Crippen MR) is 119 cm³/mol. The Balaban J connectivity index is 1.50. The fourth-order valence-electron chi connectivity index (χ4n) is 8.90. The molecular weight excluding hydrogens is 439 g/mol. The van der Waals surface area contributed by atoms with Gasteiger partial charge in [-0.1, -0.05) is 26.8 Å². The van der Waals surface area contributed by atoms with Gasteiger partial charge in [0, 0.05) is 17.3 Å². The van der Waals surface area contributed by atoms with E-state index in [1.165, 1.54) is 24.3 Å². The number of hydrogen-bond donors (Lipinski definition) is 2. The Morgan fingerprint density at radius 1 is 1.21 bits per heavy atom. The average Bonchev–Trinajstić information content (AvgIpc) is 2.90. The van der Waals surface area contributed by atoms with Gasteiger partial charge in [-0.25, -0.2) is 9.18 Å². The molecule has 6 fully saturated rings. The molecule has 2 saturated heterocycles. The van der Waals surface area contributed by atoms with Gasteiger partial charge in [-0.3, -0.25) is 4.79 Å². The molecule has 6 nitrogen and oxygen atoms in total. The van der Waals surface area contributed by atoms with Crippen LogP contribution in [0.1, 0.15) is 56.3 Å². The zero-order chi connectivity index (χ0) is 24.3. The molecule has 0 radical (unpaired) electrons. The Hall–Kier alpha value is -2.09. The molecule has 182 valence electrons. The molecule has 34 heavy (non-hydrogen) atoms. The van der Waals surface area contributed by atoms with Crippen LogP contribution in [0.2, 0.25) is 0 Å². The average molecular weight is 471 g/mol. The number of aliphatic hydroxyl groups is 2. The lowest BCUT2D eigenvalue weighted by Gasteiger charge is -2.73. The van der Waals surface area contributed by atoms with Gasteiger partial charge in [0.2, 0.25) is 5.79 Å². The number of esters is 1. The molecule has 2 heterocycles. The van der Waals surface area contributed by atoms with Gasteiger partial charge < -0.3 is 19.7 Å². The molecule has 4 bridgehead atoms. The largest absolute Gasteiger partial charge is 0.457 e. The molecule has 7 rings (SSSR count). The van der Waals surface area contributed by atoms with Crippen molar-refractivity contribution in [3.63, 3.8) is 0 Å². The molecule has 8 atom stereocenters. The van der Waals surface area contributed by atoms with E-state index in [0.717, 1.165) is 19.3 Å². The third-order valence-corrected chi connectivity index (χ3v) is 10.0. The molecule has 1 aromatic carbocycles. The zero-order valence-electron chi connectivity index (χ0n) is 19.6. The van der Waals surface area contributed by atoms with Crippen molar-refractivity contribution in [2.24, 2.45) is 34.0 Å². The SMILES string of the molecule is C=C1C(=O)[C@@]23C(CC[C@@H]1[C@H]2OC(=O)c1ccc(F)cc1)[C@]12CCCC(C)(C)C1[C@H](O)[C@@]3(O)OC2. The Morgan fingerprint density at radius 2 is 1.91 bits per heavy atom. The van der Waals surface area contributed by atoms with E-state index in [1.54, 1.807) is 0 Å². The number of halogens is 1. The van der Waals surface area contributed by atoms with Crippen molar-refractivity contribution in [1.29, 1.82) is 0 Å². The van der Waals surface area contributed by atoms with Gasteiger partial charge in [0.25, 0.3) is 0 Å². The Morgan fingerprint density at radius 3 is 2.62 bits per heavy atom. The lowest BCUT2D eigenvalue weighted by atomic mass is 9.36. The van der Waals surface area contributed by atoms with Gasteiger partial charge in [0.15, 0.2) is 5.78 Å². The van der Waals surface area contributed by atoms with Crippen LogP contribution in [-0.4, -0.2) is 46.6 Å². The van der Waals surface area contributed by atoms with E-state index in [-0.39, 0.29) is 35.2 Å². The molecule has 4 saturated carbocycles. The monoisotopic (exact) mass is 470 g/mol. The molecular formula is C27H31FO6. The number of fused-ring (bicyclic) bond motifs is 2. The third-order valence-electron chi connectivity index (χ3n) is 10.0. The van der Waals surface area contributed by atoms with Crippen molar-refractivity contribution in [2.45, 2.75) is 63.9 Å². The maximum absolute atomic E-state index is 14.0. The van der Waals surface area contributed by atoms with E-state index < -0.39 is 46.5 Å². The summed E-state index contributed by atoms with van der Waals surface area (Å²) in [7, 11) is 0. The van der Waals surface area contributed by atoms with Crippen LogP contribution in [-0.2, 0) is 14.3 Å². The van der Waals surface area contributed by atoms with Crippen molar-refractivity contribution < 1.29 is 33.7 Å². The van der Waals surface area contributed by atoms with Crippen LogP contribution in [0, 0.1) is 39.8 Å². The Bertz CT molecular complexity index is 1100. The number of carbonyl (C=O) groups is 2. The second-order valence-electron chi connectivity index (χ2n) is 11.8. The summed E-state index contributed by atoms with van der Waals surface area (Å²) in [5.74, 6) is -4.72. The molecule has 0 aromatic heterocycles. The van der Waals surface area contributed by atoms with E-state index >= 15 is 0 Å². The van der Waals surface area contributed by atoms with Crippen molar-refractivity contribution >= 4 is 11.8 Å². The number of Topliss-reactive ketones (excluding diaryl/α,β-unsaturated/α-hetero) is 1. The first kappa shape index (κ1) is 22.4. The number of rotatable bonds is 2. The molecule has 6 aliphatic rings. The Labute approximate surface area is 198 Å². The number of carbonyl (C=O) groups excluding carboxylic acids is 2. The van der Waals surface area contributed by atoms with Crippen molar-refractivity contribution in [1.82, 2.24) is 0 Å². The van der Waals surface area contributed by atoms with Crippen molar-refractivity contribution in [3.05, 3.63) is 47.8 Å². The van der Waals surface area contributed by atoms with Crippen LogP contribution in [0.25, 0.3) is 0 Å². The number of ketones is 1. The number of hydrogen-bond acceptors (Lipinski definition) is 6. The lowest BCUT2D eigenvalue weighted by Crippen LogP contribution is -2.83. The smallest absolute Gasteiger partial charge is 0.338 e. The summed E-state index contributed by atoms with van der Waals surface area (Å²) in [4.78, 5) is 27.1. The first-order chi connectivity index (χ1) is 16.0. The van der Waals surface area contributed by atoms with Crippen molar-refractivity contribution in [2.75, 3.05) is 6.61 Å². The van der Waals surface area contributed by atoms with Crippen molar-refractivity contribution in [3.8, 4) is 0 Å². The lowest BCUT2D eigenvalue weighted by molar-refractivity contribution is -0.448. The maximum atomic E-state index is 14.0. The van der Waals surface area contributed by atoms with Crippen LogP contribution in [0.3, 0.4) is 0 Å². The van der Waals surface area contributed by atoms with Crippen LogP contribution >= 0.6 is 0 Å². The van der Waals surface area contributed by atoms with Gasteiger partial charge in [-0.15, -0.1) is 0 Å². The first-order valence-corrected chi connectivity index (χ1v) is 12.3. The van der Waals surface area contributed by atoms with E-state index in [9.17, 15) is 24.2 Å². The summed E-state index contributed by atoms with van der Waals surface area (Å²) in [6.45, 7) is 8.54. The number of benzene rings is 1. The van der Waals surface area contributed by atoms with Gasteiger partial charge in [0.1, 0.15) is 23.4 Å². The molecule has 2 aliphatic heterocycles. The van der Waals surface area contributed by atoms with E-state index in [0.29, 0.717) is 18.4 Å². The highest BCUT2D eigenvalue weighted by Crippen LogP contribution is 2.76. The third kappa shape index (κ3) is 2.36. The Kier molecular flexibility index (Phi) is 4.46. The van der Waals surface area contributed by atoms with Gasteiger partial charge in [0.05, 0.1) is 12.2 Å². The molecule has 0 amide bonds. The standard InChI is InChI=1S/C27H31FO6/c1-14-17-9-10-18-25-12-4-11-24(2,3)19(25)21(30)27(32,33-13-25)26(18,20(14)29)22(17)34-23(31)15-5-7-16(28)8-6-15/h5-8,17-19,21-22,30,32H,1,4,9-13H2,2-3H3/t17-,18?,19?,21-,22+,25+,26-,27+/m0/s1. The van der Waals surface area contributed by atoms with Crippen LogP contribution in [0.5, 0.6) is 0 Å². The zero-order valence-corrected chi connectivity index (χ0v) is 19.6. The topological polar surface area (TPSA) is 93.1 Å². The second-order valence-corrected chi connectivity index (χ2v) is 11.8. The van der Waals surface area contributed by atoms with Gasteiger partial charge >= 0.3 is 5.97 Å². The van der Waals surface area contributed by atoms with Crippen LogP contribution < -0.4 is 0 Å². The second kappa shape index (κ2) is 6.77. The molecule has 2 spiro atoms. The minimum absolute atomic E-state index is 0.154. The minimum Gasteiger partial charge on any atom is -0.457 e. The quantitative estimate of drug-likeness (QED) is 0.508. The summed E-state index contributed by atoms with van der Waals surface area (Å²) in [6.07, 6.45) is 1.61. The first-order valence-electron chi connectivity index (χ1n) is 12.3. The highest BCUT2D eigenvalue weighted by Gasteiger charge is 2.86. The molecule has 2 N–H and O–H groups in total.